The molecule has 4 fully saturated rings. The predicted octanol–water partition coefficient (Wildman–Crippen LogP) is 6.18. The van der Waals surface area contributed by atoms with Gasteiger partial charge in [-0.05, 0) is 98.7 Å². The summed E-state index contributed by atoms with van der Waals surface area (Å²) in [6.45, 7) is 11.8. The van der Waals surface area contributed by atoms with E-state index in [1.165, 1.54) is 50.5 Å². The summed E-state index contributed by atoms with van der Waals surface area (Å²) in [6.07, 6.45) is 12.5. The number of hydrogen-bond acceptors (Lipinski definition) is 1. The topological polar surface area (TPSA) is 17.1 Å². The average Bonchev–Trinajstić information content (AvgIpc) is 2.79. The zero-order valence-corrected chi connectivity index (χ0v) is 16.1. The van der Waals surface area contributed by atoms with E-state index in [2.05, 4.69) is 27.4 Å². The minimum atomic E-state index is 0.442. The predicted molar refractivity (Wildman–Crippen MR) is 99.7 cm³/mol. The van der Waals surface area contributed by atoms with Gasteiger partial charge in [-0.3, -0.25) is 4.79 Å². The van der Waals surface area contributed by atoms with Crippen molar-refractivity contribution >= 4 is 5.78 Å². The smallest absolute Gasteiger partial charge is 0.133 e. The van der Waals surface area contributed by atoms with Crippen LogP contribution in [0.3, 0.4) is 0 Å². The van der Waals surface area contributed by atoms with Crippen LogP contribution < -0.4 is 0 Å². The van der Waals surface area contributed by atoms with Crippen molar-refractivity contribution in [2.24, 2.45) is 40.4 Å². The highest BCUT2D eigenvalue weighted by Crippen LogP contribution is 2.67. The monoisotopic (exact) mass is 328 g/mol. The Morgan fingerprint density at radius 2 is 1.75 bits per heavy atom. The lowest BCUT2D eigenvalue weighted by atomic mass is 9.46. The number of hydrogen-bond donors (Lipinski definition) is 0. The molecule has 0 aromatic rings. The third-order valence-electron chi connectivity index (χ3n) is 9.31. The molecule has 4 unspecified atom stereocenters. The summed E-state index contributed by atoms with van der Waals surface area (Å²) in [5.74, 6) is 4.69. The molecule has 7 atom stereocenters. The van der Waals surface area contributed by atoms with Gasteiger partial charge < -0.3 is 0 Å². The van der Waals surface area contributed by atoms with Crippen molar-refractivity contribution in [1.82, 2.24) is 0 Å². The van der Waals surface area contributed by atoms with Gasteiger partial charge in [0.05, 0.1) is 0 Å². The normalized spacial score (nSPS) is 51.3. The van der Waals surface area contributed by atoms with E-state index >= 15 is 0 Å². The van der Waals surface area contributed by atoms with Crippen molar-refractivity contribution in [2.75, 3.05) is 0 Å². The molecule has 0 amide bonds. The first-order chi connectivity index (χ1) is 11.4. The highest BCUT2D eigenvalue weighted by Gasteiger charge is 2.59. The summed E-state index contributed by atoms with van der Waals surface area (Å²) in [4.78, 5) is 12.2. The molecule has 0 heterocycles. The fourth-order valence-corrected chi connectivity index (χ4v) is 8.11. The highest BCUT2D eigenvalue weighted by molar-refractivity contribution is 5.79. The Morgan fingerprint density at radius 3 is 2.50 bits per heavy atom. The SMILES string of the molecule is C=C(C)[C@H]1CCC2C3CCC4CC(=O)CCC[C@]4(C)C3CC[C@@]21C. The molecule has 134 valence electrons. The molecule has 4 rings (SSSR count). The van der Waals surface area contributed by atoms with Gasteiger partial charge in [0.2, 0.25) is 0 Å². The van der Waals surface area contributed by atoms with Crippen LogP contribution in [-0.2, 0) is 4.79 Å². The first-order valence-electron chi connectivity index (χ1n) is 10.5. The number of carbonyl (C=O) groups is 1. The van der Waals surface area contributed by atoms with E-state index in [-0.39, 0.29) is 0 Å². The molecule has 0 saturated heterocycles. The van der Waals surface area contributed by atoms with Crippen LogP contribution >= 0.6 is 0 Å². The first-order valence-corrected chi connectivity index (χ1v) is 10.5. The zero-order chi connectivity index (χ0) is 17.1. The molecule has 0 N–H and O–H groups in total. The second-order valence-electron chi connectivity index (χ2n) is 10.3. The molecule has 4 aliphatic carbocycles. The molecule has 0 aromatic carbocycles. The Balaban J connectivity index is 1.63. The van der Waals surface area contributed by atoms with Crippen LogP contribution in [-0.4, -0.2) is 5.78 Å². The van der Waals surface area contributed by atoms with Gasteiger partial charge in [0.1, 0.15) is 5.78 Å². The van der Waals surface area contributed by atoms with Gasteiger partial charge in [-0.15, -0.1) is 0 Å². The second kappa shape index (κ2) is 5.71. The van der Waals surface area contributed by atoms with Crippen molar-refractivity contribution in [2.45, 2.75) is 85.0 Å². The van der Waals surface area contributed by atoms with Gasteiger partial charge >= 0.3 is 0 Å². The van der Waals surface area contributed by atoms with E-state index in [4.69, 9.17) is 0 Å². The third-order valence-corrected chi connectivity index (χ3v) is 9.31. The third kappa shape index (κ3) is 2.29. The zero-order valence-electron chi connectivity index (χ0n) is 16.1. The van der Waals surface area contributed by atoms with Gasteiger partial charge in [-0.2, -0.15) is 0 Å². The average molecular weight is 329 g/mol. The fourth-order valence-electron chi connectivity index (χ4n) is 8.11. The van der Waals surface area contributed by atoms with Gasteiger partial charge in [-0.25, -0.2) is 0 Å². The van der Waals surface area contributed by atoms with E-state index in [0.717, 1.165) is 42.9 Å². The minimum absolute atomic E-state index is 0.442. The molecule has 24 heavy (non-hydrogen) atoms. The highest BCUT2D eigenvalue weighted by atomic mass is 16.1. The fraction of sp³-hybridized carbons (Fsp3) is 0.870. The lowest BCUT2D eigenvalue weighted by Gasteiger charge is -2.59. The number of allylic oxidation sites excluding steroid dienone is 1. The molecular weight excluding hydrogens is 292 g/mol. The summed E-state index contributed by atoms with van der Waals surface area (Å²) in [6, 6.07) is 0. The molecule has 4 aliphatic rings. The van der Waals surface area contributed by atoms with Crippen molar-refractivity contribution in [3.63, 3.8) is 0 Å². The summed E-state index contributed by atoms with van der Waals surface area (Å²) >= 11 is 0. The Bertz CT molecular complexity index is 548. The standard InChI is InChI=1S/C23H36O/c1-15(2)19-9-10-20-18-8-7-16-14-17(24)6-5-12-22(16,3)21(18)11-13-23(19,20)4/h16,18-21H,1,5-14H2,2-4H3/t16?,18?,19-,20?,21?,22+,23-/m1/s1. The molecule has 0 aromatic heterocycles. The Labute approximate surface area is 148 Å². The Morgan fingerprint density at radius 1 is 1.00 bits per heavy atom. The van der Waals surface area contributed by atoms with Gasteiger partial charge in [0, 0.05) is 12.8 Å². The molecule has 1 nitrogen and oxygen atoms in total. The molecule has 0 bridgehead atoms. The van der Waals surface area contributed by atoms with Crippen LogP contribution in [0.25, 0.3) is 0 Å². The summed E-state index contributed by atoms with van der Waals surface area (Å²) in [5.41, 5.74) is 2.38. The maximum Gasteiger partial charge on any atom is 0.133 e. The van der Waals surface area contributed by atoms with Crippen molar-refractivity contribution in [3.8, 4) is 0 Å². The Hall–Kier alpha value is -0.590. The lowest BCUT2D eigenvalue weighted by molar-refractivity contribution is -0.124. The maximum absolute atomic E-state index is 12.2. The van der Waals surface area contributed by atoms with Crippen LogP contribution in [0.4, 0.5) is 0 Å². The molecule has 0 radical (unpaired) electrons. The van der Waals surface area contributed by atoms with Crippen molar-refractivity contribution in [1.29, 1.82) is 0 Å². The van der Waals surface area contributed by atoms with E-state index in [9.17, 15) is 4.79 Å². The van der Waals surface area contributed by atoms with Crippen LogP contribution in [0.5, 0.6) is 0 Å². The number of rotatable bonds is 1. The maximum atomic E-state index is 12.2. The van der Waals surface area contributed by atoms with Crippen LogP contribution in [0.1, 0.15) is 85.0 Å². The molecule has 0 aliphatic heterocycles. The van der Waals surface area contributed by atoms with E-state index in [0.29, 0.717) is 22.5 Å². The number of fused-ring (bicyclic) bond motifs is 5. The van der Waals surface area contributed by atoms with Crippen molar-refractivity contribution in [3.05, 3.63) is 12.2 Å². The lowest BCUT2D eigenvalue weighted by Crippen LogP contribution is -2.51. The molecule has 4 saturated carbocycles. The molecular formula is C23H36O. The number of Topliss-reactive ketones (excluding diaryl/α,β-unsaturated/α-hetero) is 1. The van der Waals surface area contributed by atoms with Crippen LogP contribution in [0.15, 0.2) is 12.2 Å². The number of carbonyl (C=O) groups excluding carboxylic acids is 1. The number of ketones is 1. The Kier molecular flexibility index (Phi) is 4.01. The summed E-state index contributed by atoms with van der Waals surface area (Å²) in [7, 11) is 0. The van der Waals surface area contributed by atoms with Crippen LogP contribution in [0, 0.1) is 40.4 Å². The summed E-state index contributed by atoms with van der Waals surface area (Å²) < 4.78 is 0. The quantitative estimate of drug-likeness (QED) is 0.525. The van der Waals surface area contributed by atoms with E-state index < -0.39 is 0 Å². The van der Waals surface area contributed by atoms with E-state index in [1.807, 2.05) is 0 Å². The second-order valence-corrected chi connectivity index (χ2v) is 10.3. The van der Waals surface area contributed by atoms with Gasteiger partial charge in [0.15, 0.2) is 0 Å². The molecule has 1 heteroatoms. The van der Waals surface area contributed by atoms with Crippen molar-refractivity contribution < 1.29 is 4.79 Å². The molecule has 0 spiro atoms. The van der Waals surface area contributed by atoms with Gasteiger partial charge in [0.25, 0.3) is 0 Å². The first kappa shape index (κ1) is 16.9. The largest absolute Gasteiger partial charge is 0.300 e. The van der Waals surface area contributed by atoms with Gasteiger partial charge in [-0.1, -0.05) is 26.0 Å². The van der Waals surface area contributed by atoms with E-state index in [1.54, 1.807) is 0 Å². The van der Waals surface area contributed by atoms with Crippen LogP contribution in [0.2, 0.25) is 0 Å². The summed E-state index contributed by atoms with van der Waals surface area (Å²) in [5, 5.41) is 0. The minimum Gasteiger partial charge on any atom is -0.300 e.